The van der Waals surface area contributed by atoms with Crippen LogP contribution in [0.5, 0.6) is 0 Å². The molecule has 132 valence electrons. The number of piperidine rings is 1. The molecule has 2 bridgehead atoms. The molecule has 2 atom stereocenters. The Morgan fingerprint density at radius 3 is 2.65 bits per heavy atom. The van der Waals surface area contributed by atoms with E-state index in [4.69, 9.17) is 16.6 Å². The maximum Gasteiger partial charge on any atom is 0.148 e. The second kappa shape index (κ2) is 6.44. The van der Waals surface area contributed by atoms with Gasteiger partial charge >= 0.3 is 0 Å². The Balaban J connectivity index is 1.31. The molecular formula is C19H17BrClN5. The van der Waals surface area contributed by atoms with Crippen molar-refractivity contribution in [1.82, 2.24) is 19.9 Å². The van der Waals surface area contributed by atoms with E-state index in [1.807, 2.05) is 30.6 Å². The van der Waals surface area contributed by atoms with Crippen LogP contribution >= 0.6 is 27.5 Å². The first-order valence-corrected chi connectivity index (χ1v) is 9.86. The molecule has 7 heteroatoms. The number of hydrogen-bond acceptors (Lipinski definition) is 5. The Morgan fingerprint density at radius 1 is 1.04 bits per heavy atom. The Kier molecular flexibility index (Phi) is 4.07. The number of pyridine rings is 1. The third-order valence-corrected chi connectivity index (χ3v) is 5.90. The van der Waals surface area contributed by atoms with Gasteiger partial charge in [0.2, 0.25) is 0 Å². The van der Waals surface area contributed by atoms with Crippen LogP contribution < -0.4 is 4.90 Å². The fourth-order valence-electron chi connectivity index (χ4n) is 4.03. The minimum Gasteiger partial charge on any atom is -0.347 e. The van der Waals surface area contributed by atoms with Gasteiger partial charge in [0.15, 0.2) is 0 Å². The number of anilines is 1. The maximum absolute atomic E-state index is 6.04. The molecule has 2 unspecified atom stereocenters. The van der Waals surface area contributed by atoms with Crippen molar-refractivity contribution in [2.75, 3.05) is 18.0 Å². The fourth-order valence-corrected chi connectivity index (χ4v) is 4.43. The van der Waals surface area contributed by atoms with Gasteiger partial charge in [-0.25, -0.2) is 4.98 Å². The molecule has 0 N–H and O–H groups in total. The van der Waals surface area contributed by atoms with Crippen LogP contribution in [-0.2, 0) is 6.54 Å². The number of hydrogen-bond donors (Lipinski definition) is 0. The number of piperazine rings is 1. The Labute approximate surface area is 165 Å². The normalized spacial score (nSPS) is 22.5. The predicted octanol–water partition coefficient (Wildman–Crippen LogP) is 3.90. The zero-order valence-corrected chi connectivity index (χ0v) is 16.4. The van der Waals surface area contributed by atoms with Gasteiger partial charge in [-0.2, -0.15) is 0 Å². The lowest BCUT2D eigenvalue weighted by atomic mass is 9.87. The van der Waals surface area contributed by atoms with Crippen LogP contribution in [0.4, 0.5) is 5.82 Å². The topological polar surface area (TPSA) is 45.2 Å². The van der Waals surface area contributed by atoms with Crippen LogP contribution in [0.1, 0.15) is 12.1 Å². The van der Waals surface area contributed by atoms with Crippen LogP contribution in [0.15, 0.2) is 47.2 Å². The highest BCUT2D eigenvalue weighted by molar-refractivity contribution is 9.10. The number of benzene rings is 1. The zero-order valence-electron chi connectivity index (χ0n) is 14.0. The minimum atomic E-state index is 0.503. The van der Waals surface area contributed by atoms with Crippen molar-refractivity contribution in [2.24, 2.45) is 0 Å². The summed E-state index contributed by atoms with van der Waals surface area (Å²) in [5.74, 6) is 0.975. The van der Waals surface area contributed by atoms with E-state index < -0.39 is 0 Å². The first kappa shape index (κ1) is 16.4. The van der Waals surface area contributed by atoms with E-state index in [0.717, 1.165) is 46.7 Å². The second-order valence-electron chi connectivity index (χ2n) is 6.97. The summed E-state index contributed by atoms with van der Waals surface area (Å²) >= 11 is 9.48. The van der Waals surface area contributed by atoms with Crippen LogP contribution in [0.3, 0.4) is 0 Å². The lowest BCUT2D eigenvalue weighted by Crippen LogP contribution is -2.69. The van der Waals surface area contributed by atoms with Gasteiger partial charge in [0, 0.05) is 47.4 Å². The molecule has 0 spiro atoms. The summed E-state index contributed by atoms with van der Waals surface area (Å²) in [6.45, 7) is 2.97. The highest BCUT2D eigenvalue weighted by atomic mass is 79.9. The van der Waals surface area contributed by atoms with Crippen LogP contribution in [0, 0.1) is 0 Å². The summed E-state index contributed by atoms with van der Waals surface area (Å²) in [6, 6.07) is 10.8. The monoisotopic (exact) mass is 429 g/mol. The van der Waals surface area contributed by atoms with Crippen molar-refractivity contribution in [2.45, 2.75) is 25.0 Å². The molecule has 1 aromatic carbocycles. The third kappa shape index (κ3) is 2.96. The van der Waals surface area contributed by atoms with Gasteiger partial charge in [-0.3, -0.25) is 14.9 Å². The Morgan fingerprint density at radius 2 is 1.88 bits per heavy atom. The molecule has 3 aliphatic rings. The first-order chi connectivity index (χ1) is 12.7. The molecule has 0 radical (unpaired) electrons. The molecule has 6 rings (SSSR count). The summed E-state index contributed by atoms with van der Waals surface area (Å²) in [6.07, 6.45) is 4.97. The molecule has 3 saturated heterocycles. The summed E-state index contributed by atoms with van der Waals surface area (Å²) in [5, 5.41) is 0.692. The average Bonchev–Trinajstić information content (AvgIpc) is 2.64. The predicted molar refractivity (Wildman–Crippen MR) is 106 cm³/mol. The van der Waals surface area contributed by atoms with E-state index in [9.17, 15) is 0 Å². The molecule has 5 nitrogen and oxygen atoms in total. The van der Waals surface area contributed by atoms with Crippen molar-refractivity contribution < 1.29 is 0 Å². The summed E-state index contributed by atoms with van der Waals surface area (Å²) < 4.78 is 1.02. The van der Waals surface area contributed by atoms with Crippen molar-refractivity contribution in [3.63, 3.8) is 0 Å². The van der Waals surface area contributed by atoms with Crippen molar-refractivity contribution in [1.29, 1.82) is 0 Å². The quantitative estimate of drug-likeness (QED) is 0.630. The third-order valence-electron chi connectivity index (χ3n) is 5.20. The van der Waals surface area contributed by atoms with E-state index in [1.165, 1.54) is 6.42 Å². The molecule has 3 aliphatic heterocycles. The summed E-state index contributed by atoms with van der Waals surface area (Å²) in [7, 11) is 0. The van der Waals surface area contributed by atoms with Crippen LogP contribution in [0.2, 0.25) is 5.02 Å². The van der Waals surface area contributed by atoms with Crippen LogP contribution in [0.25, 0.3) is 11.0 Å². The lowest BCUT2D eigenvalue weighted by molar-refractivity contribution is 0.106. The van der Waals surface area contributed by atoms with E-state index in [1.54, 1.807) is 0 Å². The van der Waals surface area contributed by atoms with Gasteiger partial charge in [-0.1, -0.05) is 11.6 Å². The smallest absolute Gasteiger partial charge is 0.148 e. The SMILES string of the molecule is Clc1ccc2nc(N3C4CC3CN(Cc3ccc(Br)cn3)C4)cnc2c1. The number of rotatable bonds is 3. The maximum atomic E-state index is 6.04. The molecule has 26 heavy (non-hydrogen) atoms. The van der Waals surface area contributed by atoms with Gasteiger partial charge in [-0.05, 0) is 52.7 Å². The van der Waals surface area contributed by atoms with Crippen molar-refractivity contribution >= 4 is 44.4 Å². The largest absolute Gasteiger partial charge is 0.347 e. The lowest BCUT2D eigenvalue weighted by Gasteiger charge is -2.56. The minimum absolute atomic E-state index is 0.503. The fraction of sp³-hybridized carbons (Fsp3) is 0.316. The van der Waals surface area contributed by atoms with Gasteiger partial charge in [0.25, 0.3) is 0 Å². The number of nitrogens with zero attached hydrogens (tertiary/aromatic N) is 5. The zero-order chi connectivity index (χ0) is 17.7. The van der Waals surface area contributed by atoms with Crippen molar-refractivity contribution in [3.8, 4) is 0 Å². The summed E-state index contributed by atoms with van der Waals surface area (Å²) in [5.41, 5.74) is 2.85. The van der Waals surface area contributed by atoms with E-state index in [2.05, 4.69) is 47.8 Å². The van der Waals surface area contributed by atoms with E-state index in [-0.39, 0.29) is 0 Å². The standard InChI is InChI=1S/C19H17BrClN5/c20-12-1-3-14(22-7-12)9-25-10-15-6-16(11-25)26(15)19-8-23-18-5-13(21)2-4-17(18)24-19/h1-5,7-8,15-16H,6,9-11H2. The molecule has 3 aromatic rings. The number of halogens is 2. The highest BCUT2D eigenvalue weighted by Gasteiger charge is 2.45. The Bertz CT molecular complexity index is 952. The first-order valence-electron chi connectivity index (χ1n) is 8.69. The average molecular weight is 431 g/mol. The Hall–Kier alpha value is -1.76. The molecule has 0 saturated carbocycles. The molecule has 0 amide bonds. The van der Waals surface area contributed by atoms with Gasteiger partial charge in [0.05, 0.1) is 22.9 Å². The van der Waals surface area contributed by atoms with Gasteiger partial charge in [0.1, 0.15) is 5.82 Å². The molecule has 3 fully saturated rings. The molecule has 0 aliphatic carbocycles. The van der Waals surface area contributed by atoms with Crippen molar-refractivity contribution in [3.05, 3.63) is 57.9 Å². The molecular weight excluding hydrogens is 414 g/mol. The number of aromatic nitrogens is 3. The highest BCUT2D eigenvalue weighted by Crippen LogP contribution is 2.36. The number of fused-ring (bicyclic) bond motifs is 3. The van der Waals surface area contributed by atoms with E-state index in [0.29, 0.717) is 17.1 Å². The molecule has 5 heterocycles. The van der Waals surface area contributed by atoms with Crippen LogP contribution in [-0.4, -0.2) is 45.0 Å². The van der Waals surface area contributed by atoms with Gasteiger partial charge in [-0.15, -0.1) is 0 Å². The van der Waals surface area contributed by atoms with E-state index >= 15 is 0 Å². The van der Waals surface area contributed by atoms with Gasteiger partial charge < -0.3 is 4.90 Å². The molecule has 2 aromatic heterocycles. The summed E-state index contributed by atoms with van der Waals surface area (Å²) in [4.78, 5) is 18.8. The second-order valence-corrected chi connectivity index (χ2v) is 8.33.